The molecule has 0 saturated heterocycles. The quantitative estimate of drug-likeness (QED) is 0.773. The molecule has 0 aliphatic rings. The van der Waals surface area contributed by atoms with E-state index in [1.54, 1.807) is 12.1 Å². The van der Waals surface area contributed by atoms with Gasteiger partial charge in [0, 0.05) is 0 Å². The molecule has 0 saturated carbocycles. The molecule has 0 aliphatic carbocycles. The highest BCUT2D eigenvalue weighted by molar-refractivity contribution is 7.92. The van der Waals surface area contributed by atoms with Crippen LogP contribution in [0.3, 0.4) is 0 Å². The highest BCUT2D eigenvalue weighted by Crippen LogP contribution is 2.21. The molecule has 0 fully saturated rings. The van der Waals surface area contributed by atoms with Crippen molar-refractivity contribution >= 4 is 21.7 Å². The largest absolute Gasteiger partial charge is 0.468 e. The van der Waals surface area contributed by atoms with E-state index < -0.39 is 16.0 Å². The third-order valence-corrected chi connectivity index (χ3v) is 3.82. The molecule has 0 amide bonds. The molecule has 0 heterocycles. The standard InChI is InChI=1S/C12H17NO4S/c1-9-5-6-11(7-10(9)2)13(18(4,15)16)8-12(14)17-3/h5-7H,8H2,1-4H3. The van der Waals surface area contributed by atoms with Crippen LogP contribution in [0.15, 0.2) is 18.2 Å². The van der Waals surface area contributed by atoms with Crippen LogP contribution in [0.25, 0.3) is 0 Å². The number of carbonyl (C=O) groups is 1. The number of benzene rings is 1. The first-order valence-electron chi connectivity index (χ1n) is 5.37. The number of ether oxygens (including phenoxy) is 1. The monoisotopic (exact) mass is 271 g/mol. The zero-order valence-corrected chi connectivity index (χ0v) is 11.7. The lowest BCUT2D eigenvalue weighted by Gasteiger charge is -2.21. The number of sulfonamides is 1. The SMILES string of the molecule is COC(=O)CN(c1ccc(C)c(C)c1)S(C)(=O)=O. The lowest BCUT2D eigenvalue weighted by Crippen LogP contribution is -2.35. The van der Waals surface area contributed by atoms with Crippen molar-refractivity contribution in [1.82, 2.24) is 0 Å². The van der Waals surface area contributed by atoms with Crippen LogP contribution in [0, 0.1) is 13.8 Å². The second-order valence-corrected chi connectivity index (χ2v) is 6.02. The average Bonchev–Trinajstić information content (AvgIpc) is 2.28. The Morgan fingerprint density at radius 3 is 2.33 bits per heavy atom. The van der Waals surface area contributed by atoms with Crippen LogP contribution in [-0.2, 0) is 19.6 Å². The summed E-state index contributed by atoms with van der Waals surface area (Å²) in [7, 11) is -2.29. The van der Waals surface area contributed by atoms with E-state index in [2.05, 4.69) is 4.74 Å². The Hall–Kier alpha value is -1.56. The minimum atomic E-state index is -3.52. The number of methoxy groups -OCH3 is 1. The molecule has 1 aromatic carbocycles. The highest BCUT2D eigenvalue weighted by Gasteiger charge is 2.21. The number of rotatable bonds is 4. The number of nitrogens with zero attached hydrogens (tertiary/aromatic N) is 1. The van der Waals surface area contributed by atoms with Gasteiger partial charge in [-0.1, -0.05) is 6.07 Å². The van der Waals surface area contributed by atoms with Gasteiger partial charge in [-0.2, -0.15) is 0 Å². The lowest BCUT2D eigenvalue weighted by molar-refractivity contribution is -0.138. The van der Waals surface area contributed by atoms with Gasteiger partial charge >= 0.3 is 5.97 Å². The van der Waals surface area contributed by atoms with Crippen LogP contribution < -0.4 is 4.31 Å². The first-order valence-corrected chi connectivity index (χ1v) is 7.22. The molecule has 0 radical (unpaired) electrons. The van der Waals surface area contributed by atoms with Crippen molar-refractivity contribution < 1.29 is 17.9 Å². The molecule has 5 nitrogen and oxygen atoms in total. The molecule has 0 aromatic heterocycles. The van der Waals surface area contributed by atoms with Gasteiger partial charge in [-0.05, 0) is 37.1 Å². The van der Waals surface area contributed by atoms with Crippen LogP contribution in [0.2, 0.25) is 0 Å². The molecule has 0 aliphatic heterocycles. The van der Waals surface area contributed by atoms with Crippen molar-refractivity contribution in [2.75, 3.05) is 24.2 Å². The predicted octanol–water partition coefficient (Wildman–Crippen LogP) is 1.24. The van der Waals surface area contributed by atoms with Crippen LogP contribution >= 0.6 is 0 Å². The fraction of sp³-hybridized carbons (Fsp3) is 0.417. The van der Waals surface area contributed by atoms with Gasteiger partial charge < -0.3 is 4.74 Å². The third kappa shape index (κ3) is 3.46. The molecule has 6 heteroatoms. The summed E-state index contributed by atoms with van der Waals surface area (Å²) in [5.74, 6) is -0.598. The number of hydrogen-bond acceptors (Lipinski definition) is 4. The summed E-state index contributed by atoms with van der Waals surface area (Å²) in [6.07, 6.45) is 1.06. The fourth-order valence-electron chi connectivity index (χ4n) is 1.46. The molecule has 18 heavy (non-hydrogen) atoms. The first kappa shape index (κ1) is 14.5. The van der Waals surface area contributed by atoms with Crippen molar-refractivity contribution in [3.63, 3.8) is 0 Å². The molecule has 1 rings (SSSR count). The summed E-state index contributed by atoms with van der Waals surface area (Å²) in [5, 5.41) is 0. The highest BCUT2D eigenvalue weighted by atomic mass is 32.2. The summed E-state index contributed by atoms with van der Waals surface area (Å²) in [6, 6.07) is 5.23. The number of aryl methyl sites for hydroxylation is 2. The minimum Gasteiger partial charge on any atom is -0.468 e. The van der Waals surface area contributed by atoms with Crippen LogP contribution in [-0.4, -0.2) is 34.3 Å². The van der Waals surface area contributed by atoms with Gasteiger partial charge in [-0.15, -0.1) is 0 Å². The zero-order chi connectivity index (χ0) is 13.9. The molecule has 0 bridgehead atoms. The lowest BCUT2D eigenvalue weighted by atomic mass is 10.1. The molecule has 0 atom stereocenters. The smallest absolute Gasteiger partial charge is 0.326 e. The Labute approximate surface area is 107 Å². The normalized spacial score (nSPS) is 11.1. The van der Waals surface area contributed by atoms with E-state index in [9.17, 15) is 13.2 Å². The molecule has 0 N–H and O–H groups in total. The second-order valence-electron chi connectivity index (χ2n) is 4.11. The summed E-state index contributed by atoms with van der Waals surface area (Å²) in [5.41, 5.74) is 2.49. The Balaban J connectivity index is 3.18. The first-order chi connectivity index (χ1) is 8.25. The maximum atomic E-state index is 11.7. The van der Waals surface area contributed by atoms with E-state index in [-0.39, 0.29) is 6.54 Å². The minimum absolute atomic E-state index is 0.322. The number of hydrogen-bond donors (Lipinski definition) is 0. The molecule has 1 aromatic rings. The summed E-state index contributed by atoms with van der Waals surface area (Å²) in [4.78, 5) is 11.3. The number of anilines is 1. The average molecular weight is 271 g/mol. The van der Waals surface area contributed by atoms with Crippen molar-refractivity contribution in [3.05, 3.63) is 29.3 Å². The van der Waals surface area contributed by atoms with E-state index in [4.69, 9.17) is 0 Å². The Morgan fingerprint density at radius 1 is 1.28 bits per heavy atom. The van der Waals surface area contributed by atoms with Gasteiger partial charge in [0.2, 0.25) is 10.0 Å². The topological polar surface area (TPSA) is 63.7 Å². The van der Waals surface area contributed by atoms with E-state index in [1.807, 2.05) is 19.9 Å². The van der Waals surface area contributed by atoms with Crippen molar-refractivity contribution in [3.8, 4) is 0 Å². The summed E-state index contributed by atoms with van der Waals surface area (Å²) < 4.78 is 28.9. The van der Waals surface area contributed by atoms with Crippen LogP contribution in [0.5, 0.6) is 0 Å². The van der Waals surface area contributed by atoms with E-state index >= 15 is 0 Å². The Kier molecular flexibility index (Phi) is 4.34. The van der Waals surface area contributed by atoms with Crippen molar-refractivity contribution in [2.45, 2.75) is 13.8 Å². The maximum absolute atomic E-state index is 11.7. The predicted molar refractivity (Wildman–Crippen MR) is 70.1 cm³/mol. The second kappa shape index (κ2) is 5.39. The Bertz CT molecular complexity index is 551. The van der Waals surface area contributed by atoms with Crippen LogP contribution in [0.4, 0.5) is 5.69 Å². The van der Waals surface area contributed by atoms with Gasteiger partial charge in [-0.25, -0.2) is 8.42 Å². The van der Waals surface area contributed by atoms with E-state index in [1.165, 1.54) is 7.11 Å². The Morgan fingerprint density at radius 2 is 1.89 bits per heavy atom. The maximum Gasteiger partial charge on any atom is 0.326 e. The summed E-state index contributed by atoms with van der Waals surface area (Å²) in [6.45, 7) is 3.50. The van der Waals surface area contributed by atoms with Gasteiger partial charge in [-0.3, -0.25) is 9.10 Å². The van der Waals surface area contributed by atoms with Crippen molar-refractivity contribution in [1.29, 1.82) is 0 Å². The third-order valence-electron chi connectivity index (χ3n) is 2.68. The molecule has 0 spiro atoms. The van der Waals surface area contributed by atoms with Crippen LogP contribution in [0.1, 0.15) is 11.1 Å². The molecule has 0 unspecified atom stereocenters. The van der Waals surface area contributed by atoms with Gasteiger partial charge in [0.15, 0.2) is 0 Å². The van der Waals surface area contributed by atoms with Crippen molar-refractivity contribution in [2.24, 2.45) is 0 Å². The van der Waals surface area contributed by atoms with E-state index in [0.29, 0.717) is 5.69 Å². The number of carbonyl (C=O) groups excluding carboxylic acids is 1. The number of esters is 1. The fourth-order valence-corrected chi connectivity index (χ4v) is 2.30. The molecular weight excluding hydrogens is 254 g/mol. The zero-order valence-electron chi connectivity index (χ0n) is 10.9. The van der Waals surface area contributed by atoms with E-state index in [0.717, 1.165) is 21.7 Å². The van der Waals surface area contributed by atoms with Gasteiger partial charge in [0.25, 0.3) is 0 Å². The van der Waals surface area contributed by atoms with Gasteiger partial charge in [0.05, 0.1) is 19.1 Å². The summed E-state index contributed by atoms with van der Waals surface area (Å²) >= 11 is 0. The molecular formula is C12H17NO4S. The molecule has 100 valence electrons. The van der Waals surface area contributed by atoms with Gasteiger partial charge in [0.1, 0.15) is 6.54 Å².